The molecule has 0 fully saturated rings. The number of carbonyl (C=O) groups excluding carboxylic acids is 2. The third-order valence-corrected chi connectivity index (χ3v) is 5.58. The highest BCUT2D eigenvalue weighted by Crippen LogP contribution is 2.33. The zero-order chi connectivity index (χ0) is 24.6. The lowest BCUT2D eigenvalue weighted by Crippen LogP contribution is -2.20. The van der Waals surface area contributed by atoms with Crippen LogP contribution in [0.15, 0.2) is 77.3 Å². The Hall–Kier alpha value is -3.12. The van der Waals surface area contributed by atoms with E-state index in [0.29, 0.717) is 17.9 Å². The number of hydrogen-bond donors (Lipinski definition) is 0. The van der Waals surface area contributed by atoms with Crippen molar-refractivity contribution in [2.75, 3.05) is 13.2 Å². The lowest BCUT2D eigenvalue weighted by atomic mass is 9.86. The molecule has 0 heterocycles. The van der Waals surface area contributed by atoms with Gasteiger partial charge in [0, 0.05) is 10.0 Å². The summed E-state index contributed by atoms with van der Waals surface area (Å²) >= 11 is 3.48. The second kappa shape index (κ2) is 11.8. The number of benzene rings is 3. The van der Waals surface area contributed by atoms with Gasteiger partial charge >= 0.3 is 11.9 Å². The summed E-state index contributed by atoms with van der Waals surface area (Å²) in [5, 5.41) is 0. The first-order valence-corrected chi connectivity index (χ1v) is 12.0. The van der Waals surface area contributed by atoms with Crippen LogP contribution in [-0.4, -0.2) is 25.2 Å². The molecule has 3 rings (SSSR count). The van der Waals surface area contributed by atoms with Crippen LogP contribution in [0.1, 0.15) is 48.7 Å². The highest BCUT2D eigenvalue weighted by molar-refractivity contribution is 9.10. The van der Waals surface area contributed by atoms with E-state index >= 15 is 0 Å². The Balaban J connectivity index is 1.51. The van der Waals surface area contributed by atoms with E-state index in [0.717, 1.165) is 22.9 Å². The van der Waals surface area contributed by atoms with Crippen molar-refractivity contribution in [1.29, 1.82) is 0 Å². The van der Waals surface area contributed by atoms with E-state index in [1.54, 1.807) is 18.2 Å². The average molecular weight is 525 g/mol. The first kappa shape index (κ1) is 25.5. The van der Waals surface area contributed by atoms with E-state index < -0.39 is 11.9 Å². The molecule has 3 aromatic rings. The standard InChI is InChI=1S/C28H29BrO5/c1-28(2,3)24-18-22(29)14-15-25(24)33-19-26(30)34-23-13-7-12-21(17-23)27(31)32-16-8-11-20-9-5-4-6-10-20/h4-7,9-10,12-15,17-18H,8,11,16,19H2,1-3H3. The maximum absolute atomic E-state index is 12.4. The van der Waals surface area contributed by atoms with Gasteiger partial charge in [-0.05, 0) is 60.2 Å². The SMILES string of the molecule is CC(C)(C)c1cc(Br)ccc1OCC(=O)Oc1cccc(C(=O)OCCCc2ccccc2)c1. The zero-order valence-electron chi connectivity index (χ0n) is 19.7. The van der Waals surface area contributed by atoms with Gasteiger partial charge in [-0.15, -0.1) is 0 Å². The van der Waals surface area contributed by atoms with Crippen LogP contribution in [0.2, 0.25) is 0 Å². The summed E-state index contributed by atoms with van der Waals surface area (Å²) in [5.41, 5.74) is 2.35. The quantitative estimate of drug-likeness (QED) is 0.181. The fraction of sp³-hybridized carbons (Fsp3) is 0.286. The molecule has 0 saturated carbocycles. The maximum atomic E-state index is 12.4. The molecule has 0 bridgehead atoms. The number of rotatable bonds is 9. The predicted molar refractivity (Wildman–Crippen MR) is 135 cm³/mol. The second-order valence-electron chi connectivity index (χ2n) is 8.91. The topological polar surface area (TPSA) is 61.8 Å². The fourth-order valence-corrected chi connectivity index (χ4v) is 3.73. The molecule has 6 heteroatoms. The molecule has 0 aromatic heterocycles. The molecule has 0 atom stereocenters. The Kier molecular flexibility index (Phi) is 8.88. The monoisotopic (exact) mass is 524 g/mol. The van der Waals surface area contributed by atoms with Crippen LogP contribution in [0.5, 0.6) is 11.5 Å². The summed E-state index contributed by atoms with van der Waals surface area (Å²) in [5.74, 6) is -0.122. The summed E-state index contributed by atoms with van der Waals surface area (Å²) < 4.78 is 17.4. The van der Waals surface area contributed by atoms with Gasteiger partial charge in [-0.3, -0.25) is 0 Å². The van der Waals surface area contributed by atoms with Crippen molar-refractivity contribution in [1.82, 2.24) is 0 Å². The Morgan fingerprint density at radius 3 is 2.41 bits per heavy atom. The first-order valence-electron chi connectivity index (χ1n) is 11.2. The van der Waals surface area contributed by atoms with Crippen molar-refractivity contribution in [3.8, 4) is 11.5 Å². The third-order valence-electron chi connectivity index (χ3n) is 5.08. The van der Waals surface area contributed by atoms with Crippen molar-refractivity contribution in [3.63, 3.8) is 0 Å². The van der Waals surface area contributed by atoms with Gasteiger partial charge in [0.2, 0.25) is 0 Å². The van der Waals surface area contributed by atoms with E-state index in [1.807, 2.05) is 48.5 Å². The van der Waals surface area contributed by atoms with Gasteiger partial charge in [0.15, 0.2) is 6.61 Å². The van der Waals surface area contributed by atoms with E-state index in [4.69, 9.17) is 14.2 Å². The molecule has 0 aliphatic heterocycles. The molecule has 3 aromatic carbocycles. The van der Waals surface area contributed by atoms with Crippen molar-refractivity contribution in [2.45, 2.75) is 39.0 Å². The van der Waals surface area contributed by atoms with Crippen LogP contribution >= 0.6 is 15.9 Å². The number of aryl methyl sites for hydroxylation is 1. The van der Waals surface area contributed by atoms with Gasteiger partial charge < -0.3 is 14.2 Å². The third kappa shape index (κ3) is 7.73. The highest BCUT2D eigenvalue weighted by Gasteiger charge is 2.20. The maximum Gasteiger partial charge on any atom is 0.349 e. The second-order valence-corrected chi connectivity index (χ2v) is 9.82. The molecular weight excluding hydrogens is 496 g/mol. The first-order chi connectivity index (χ1) is 16.2. The number of esters is 2. The average Bonchev–Trinajstić information content (AvgIpc) is 2.81. The molecule has 0 saturated heterocycles. The molecule has 0 amide bonds. The lowest BCUT2D eigenvalue weighted by Gasteiger charge is -2.23. The van der Waals surface area contributed by atoms with E-state index in [2.05, 4.69) is 36.7 Å². The number of carbonyl (C=O) groups is 2. The largest absolute Gasteiger partial charge is 0.482 e. The molecule has 34 heavy (non-hydrogen) atoms. The van der Waals surface area contributed by atoms with E-state index in [1.165, 1.54) is 11.6 Å². The Bertz CT molecular complexity index is 1120. The van der Waals surface area contributed by atoms with Crippen LogP contribution in [-0.2, 0) is 21.4 Å². The van der Waals surface area contributed by atoms with Crippen molar-refractivity contribution in [3.05, 3.63) is 94.0 Å². The molecular formula is C28H29BrO5. The van der Waals surface area contributed by atoms with Crippen molar-refractivity contribution < 1.29 is 23.8 Å². The summed E-state index contributed by atoms with van der Waals surface area (Å²) in [6, 6.07) is 22.1. The summed E-state index contributed by atoms with van der Waals surface area (Å²) in [6.45, 7) is 6.29. The summed E-state index contributed by atoms with van der Waals surface area (Å²) in [7, 11) is 0. The van der Waals surface area contributed by atoms with Gasteiger partial charge in [0.1, 0.15) is 11.5 Å². The van der Waals surface area contributed by atoms with Crippen LogP contribution in [0.3, 0.4) is 0 Å². The van der Waals surface area contributed by atoms with Gasteiger partial charge in [0.25, 0.3) is 0 Å². The predicted octanol–water partition coefficient (Wildman–Crippen LogP) is 6.52. The van der Waals surface area contributed by atoms with E-state index in [9.17, 15) is 9.59 Å². The lowest BCUT2D eigenvalue weighted by molar-refractivity contribution is -0.136. The Morgan fingerprint density at radius 2 is 1.68 bits per heavy atom. The molecule has 0 spiro atoms. The van der Waals surface area contributed by atoms with Gasteiger partial charge in [0.05, 0.1) is 12.2 Å². The fourth-order valence-electron chi connectivity index (χ4n) is 3.37. The Morgan fingerprint density at radius 1 is 0.912 bits per heavy atom. The summed E-state index contributed by atoms with van der Waals surface area (Å²) in [6.07, 6.45) is 1.56. The van der Waals surface area contributed by atoms with Crippen molar-refractivity contribution >= 4 is 27.9 Å². The molecule has 0 radical (unpaired) electrons. The minimum atomic E-state index is -0.559. The number of halogens is 1. The summed E-state index contributed by atoms with van der Waals surface area (Å²) in [4.78, 5) is 24.7. The highest BCUT2D eigenvalue weighted by atomic mass is 79.9. The minimum absolute atomic E-state index is 0.154. The number of ether oxygens (including phenoxy) is 3. The molecule has 0 unspecified atom stereocenters. The van der Waals surface area contributed by atoms with Crippen LogP contribution in [0.25, 0.3) is 0 Å². The van der Waals surface area contributed by atoms with Crippen LogP contribution < -0.4 is 9.47 Å². The van der Waals surface area contributed by atoms with E-state index in [-0.39, 0.29) is 17.8 Å². The van der Waals surface area contributed by atoms with Crippen LogP contribution in [0, 0.1) is 0 Å². The minimum Gasteiger partial charge on any atom is -0.482 e. The molecule has 0 N–H and O–H groups in total. The van der Waals surface area contributed by atoms with Gasteiger partial charge in [-0.1, -0.05) is 73.1 Å². The zero-order valence-corrected chi connectivity index (χ0v) is 21.3. The molecule has 5 nitrogen and oxygen atoms in total. The molecule has 0 aliphatic carbocycles. The normalized spacial score (nSPS) is 11.1. The van der Waals surface area contributed by atoms with Gasteiger partial charge in [-0.2, -0.15) is 0 Å². The van der Waals surface area contributed by atoms with Crippen molar-refractivity contribution in [2.24, 2.45) is 0 Å². The van der Waals surface area contributed by atoms with Crippen LogP contribution in [0.4, 0.5) is 0 Å². The molecule has 178 valence electrons. The van der Waals surface area contributed by atoms with Gasteiger partial charge in [-0.25, -0.2) is 9.59 Å². The molecule has 0 aliphatic rings. The Labute approximate surface area is 209 Å². The smallest absolute Gasteiger partial charge is 0.349 e. The number of hydrogen-bond acceptors (Lipinski definition) is 5.